The molecule has 0 spiro atoms. The van der Waals surface area contributed by atoms with Crippen molar-refractivity contribution in [2.24, 2.45) is 0 Å². The molecule has 2 N–H and O–H groups in total. The number of benzene rings is 2. The second-order valence-corrected chi connectivity index (χ2v) is 10.9. The monoisotopic (exact) mass is 574 g/mol. The number of nitrogen functional groups attached to an aromatic ring is 1. The Hall–Kier alpha value is -4.02. The highest BCUT2D eigenvalue weighted by Gasteiger charge is 2.22. The van der Waals surface area contributed by atoms with Gasteiger partial charge in [-0.15, -0.1) is 0 Å². The number of imidazole rings is 1. The lowest BCUT2D eigenvalue weighted by molar-refractivity contribution is -0.133. The Kier molecular flexibility index (Phi) is 10.1. The van der Waals surface area contributed by atoms with Gasteiger partial charge >= 0.3 is 0 Å². The van der Waals surface area contributed by atoms with Gasteiger partial charge in [-0.25, -0.2) is 9.97 Å². The molecule has 0 aliphatic carbocycles. The van der Waals surface area contributed by atoms with Crippen molar-refractivity contribution in [2.45, 2.75) is 52.8 Å². The molecule has 42 heavy (non-hydrogen) atoms. The molecule has 0 unspecified atom stereocenters. The van der Waals surface area contributed by atoms with E-state index in [2.05, 4.69) is 28.3 Å². The van der Waals surface area contributed by atoms with E-state index in [1.54, 1.807) is 21.0 Å². The molecule has 0 aliphatic heterocycles. The molecule has 0 fully saturated rings. The van der Waals surface area contributed by atoms with E-state index in [1.165, 1.54) is 0 Å². The Morgan fingerprint density at radius 3 is 2.57 bits per heavy atom. The molecule has 1 amide bonds. The summed E-state index contributed by atoms with van der Waals surface area (Å²) in [6.45, 7) is 11.3. The van der Waals surface area contributed by atoms with Crippen LogP contribution in [0.5, 0.6) is 5.75 Å². The summed E-state index contributed by atoms with van der Waals surface area (Å²) in [6.07, 6.45) is 1.38. The van der Waals surface area contributed by atoms with Crippen LogP contribution in [0.2, 0.25) is 0 Å². The normalized spacial score (nSPS) is 11.9. The number of aldehydes is 1. The van der Waals surface area contributed by atoms with E-state index in [9.17, 15) is 9.59 Å². The molecule has 0 radical (unpaired) electrons. The van der Waals surface area contributed by atoms with Gasteiger partial charge in [0.25, 0.3) is 0 Å². The third-order valence-corrected chi connectivity index (χ3v) is 7.36. The summed E-state index contributed by atoms with van der Waals surface area (Å²) in [5, 5.41) is 0.960. The fourth-order valence-electron chi connectivity index (χ4n) is 5.04. The van der Waals surface area contributed by atoms with Gasteiger partial charge in [-0.2, -0.15) is 0 Å². The highest BCUT2D eigenvalue weighted by molar-refractivity contribution is 6.06. The summed E-state index contributed by atoms with van der Waals surface area (Å²) in [4.78, 5) is 38.6. The number of methoxy groups -OCH3 is 1. The van der Waals surface area contributed by atoms with Gasteiger partial charge in [0.05, 0.1) is 24.2 Å². The number of aromatic nitrogens is 3. The highest BCUT2D eigenvalue weighted by Crippen LogP contribution is 2.29. The van der Waals surface area contributed by atoms with E-state index < -0.39 is 5.60 Å². The molecule has 0 saturated carbocycles. The fourth-order valence-corrected chi connectivity index (χ4v) is 5.04. The SMILES string of the molecule is CCN(CC)CC(=O)N(CCn1c(CCOC)nc2c(N)nc3ccccc3c21)Cc1cccc(OC(C)(C)C=O)c1. The number of amides is 1. The van der Waals surface area contributed by atoms with E-state index in [4.69, 9.17) is 20.2 Å². The van der Waals surface area contributed by atoms with Crippen molar-refractivity contribution < 1.29 is 19.1 Å². The van der Waals surface area contributed by atoms with Gasteiger partial charge in [-0.1, -0.05) is 44.2 Å². The minimum Gasteiger partial charge on any atom is -0.480 e. The van der Waals surface area contributed by atoms with Gasteiger partial charge in [0.15, 0.2) is 17.7 Å². The number of fused-ring (bicyclic) bond motifs is 3. The number of pyridine rings is 1. The van der Waals surface area contributed by atoms with E-state index in [0.717, 1.165) is 47.2 Å². The van der Waals surface area contributed by atoms with Crippen LogP contribution in [0.25, 0.3) is 21.9 Å². The lowest BCUT2D eigenvalue weighted by atomic mass is 10.1. The van der Waals surface area contributed by atoms with Crippen LogP contribution >= 0.6 is 0 Å². The van der Waals surface area contributed by atoms with Gasteiger partial charge in [0.1, 0.15) is 17.1 Å². The van der Waals surface area contributed by atoms with Crippen LogP contribution in [-0.2, 0) is 33.8 Å². The summed E-state index contributed by atoms with van der Waals surface area (Å²) in [5.41, 5.74) is 8.70. The molecule has 4 aromatic rings. The number of hydrogen-bond donors (Lipinski definition) is 1. The topological polar surface area (TPSA) is 116 Å². The summed E-state index contributed by atoms with van der Waals surface area (Å²) in [6, 6.07) is 15.4. The second kappa shape index (κ2) is 13.8. The molecule has 0 bridgehead atoms. The molecule has 10 heteroatoms. The molecular formula is C32H42N6O4. The van der Waals surface area contributed by atoms with E-state index in [1.807, 2.05) is 53.4 Å². The smallest absolute Gasteiger partial charge is 0.237 e. The van der Waals surface area contributed by atoms with Crippen molar-refractivity contribution in [3.05, 3.63) is 59.9 Å². The predicted octanol–water partition coefficient (Wildman–Crippen LogP) is 4.08. The first-order valence-corrected chi connectivity index (χ1v) is 14.5. The number of anilines is 1. The van der Waals surface area contributed by atoms with Crippen LogP contribution in [0.15, 0.2) is 48.5 Å². The first kappa shape index (κ1) is 30.9. The zero-order chi connectivity index (χ0) is 30.3. The largest absolute Gasteiger partial charge is 0.480 e. The van der Waals surface area contributed by atoms with E-state index in [-0.39, 0.29) is 5.91 Å². The van der Waals surface area contributed by atoms with Crippen molar-refractivity contribution in [2.75, 3.05) is 45.6 Å². The van der Waals surface area contributed by atoms with Crippen LogP contribution in [0.4, 0.5) is 5.82 Å². The lowest BCUT2D eigenvalue weighted by Crippen LogP contribution is -2.41. The number of nitrogens with zero attached hydrogens (tertiary/aromatic N) is 5. The maximum absolute atomic E-state index is 13.7. The van der Waals surface area contributed by atoms with Crippen molar-refractivity contribution in [3.63, 3.8) is 0 Å². The molecule has 0 atom stereocenters. The highest BCUT2D eigenvalue weighted by atomic mass is 16.5. The summed E-state index contributed by atoms with van der Waals surface area (Å²) >= 11 is 0. The van der Waals surface area contributed by atoms with Gasteiger partial charge in [0, 0.05) is 38.6 Å². The zero-order valence-corrected chi connectivity index (χ0v) is 25.3. The van der Waals surface area contributed by atoms with Gasteiger partial charge in [0.2, 0.25) is 5.91 Å². The number of carbonyl (C=O) groups excluding carboxylic acids is 2. The third-order valence-electron chi connectivity index (χ3n) is 7.36. The number of nitrogens with two attached hydrogens (primary N) is 1. The summed E-state index contributed by atoms with van der Waals surface area (Å²) in [5.74, 6) is 1.83. The molecule has 0 aliphatic rings. The molecule has 2 aromatic heterocycles. The Bertz CT molecular complexity index is 1530. The molecule has 10 nitrogen and oxygen atoms in total. The zero-order valence-electron chi connectivity index (χ0n) is 25.3. The maximum atomic E-state index is 13.7. The number of likely N-dealkylation sites (N-methyl/N-ethyl adjacent to an activating group) is 1. The average Bonchev–Trinajstić information content (AvgIpc) is 3.36. The van der Waals surface area contributed by atoms with Crippen LogP contribution < -0.4 is 10.5 Å². The number of ether oxygens (including phenoxy) is 2. The molecule has 224 valence electrons. The van der Waals surface area contributed by atoms with Crippen LogP contribution in [0, 0.1) is 0 Å². The molecular weight excluding hydrogens is 532 g/mol. The fraction of sp³-hybridized carbons (Fsp3) is 0.438. The third kappa shape index (κ3) is 7.24. The number of hydrogen-bond acceptors (Lipinski definition) is 8. The molecule has 2 aromatic carbocycles. The van der Waals surface area contributed by atoms with Crippen molar-refractivity contribution in [3.8, 4) is 5.75 Å². The lowest BCUT2D eigenvalue weighted by Gasteiger charge is -2.27. The van der Waals surface area contributed by atoms with Crippen LogP contribution in [0.1, 0.15) is 39.1 Å². The Labute approximate surface area is 247 Å². The molecule has 2 heterocycles. The maximum Gasteiger partial charge on any atom is 0.237 e. The van der Waals surface area contributed by atoms with Crippen molar-refractivity contribution in [1.29, 1.82) is 0 Å². The first-order valence-electron chi connectivity index (χ1n) is 14.5. The Balaban J connectivity index is 1.70. The minimum absolute atomic E-state index is 0.0344. The van der Waals surface area contributed by atoms with Crippen LogP contribution in [0.3, 0.4) is 0 Å². The van der Waals surface area contributed by atoms with Crippen LogP contribution in [-0.4, -0.2) is 82.0 Å². The summed E-state index contributed by atoms with van der Waals surface area (Å²) in [7, 11) is 1.67. The van der Waals surface area contributed by atoms with Crippen molar-refractivity contribution >= 4 is 39.9 Å². The molecule has 0 saturated heterocycles. The molecule has 4 rings (SSSR count). The van der Waals surface area contributed by atoms with E-state index in [0.29, 0.717) is 56.3 Å². The standard InChI is InChI=1S/C32H42N6O4/c1-6-36(7-2)21-28(40)37(20-23-11-10-12-24(19-23)42-32(3,4)22-39)16-17-38-27(15-18-41-5)35-29-30(38)25-13-8-9-14-26(25)34-31(29)33/h8-14,19,22H,6-7,15-18,20-21H2,1-5H3,(H2,33,34). The van der Waals surface area contributed by atoms with Gasteiger partial charge in [-0.05, 0) is 50.7 Å². The second-order valence-electron chi connectivity index (χ2n) is 10.9. The number of carbonyl (C=O) groups is 2. The predicted molar refractivity (Wildman–Crippen MR) is 165 cm³/mol. The van der Waals surface area contributed by atoms with Gasteiger partial charge in [-0.3, -0.25) is 14.5 Å². The van der Waals surface area contributed by atoms with Gasteiger partial charge < -0.3 is 24.7 Å². The summed E-state index contributed by atoms with van der Waals surface area (Å²) < 4.78 is 13.4. The van der Waals surface area contributed by atoms with Crippen molar-refractivity contribution in [1.82, 2.24) is 24.3 Å². The average molecular weight is 575 g/mol. The van der Waals surface area contributed by atoms with E-state index >= 15 is 0 Å². The quantitative estimate of drug-likeness (QED) is 0.211. The first-order chi connectivity index (χ1) is 20.2. The number of para-hydroxylation sites is 1. The minimum atomic E-state index is -0.947. The number of rotatable bonds is 15. The Morgan fingerprint density at radius 1 is 1.10 bits per heavy atom. The Morgan fingerprint density at radius 2 is 1.86 bits per heavy atom.